The molecular formula is C23H25FN6O2. The Morgan fingerprint density at radius 1 is 1.03 bits per heavy atom. The van der Waals surface area contributed by atoms with Gasteiger partial charge in [-0.05, 0) is 75.2 Å². The molecule has 9 heteroatoms. The van der Waals surface area contributed by atoms with Crippen molar-refractivity contribution in [3.05, 3.63) is 54.0 Å². The first kappa shape index (κ1) is 20.4. The van der Waals surface area contributed by atoms with Crippen molar-refractivity contribution in [1.29, 1.82) is 0 Å². The Labute approximate surface area is 184 Å². The van der Waals surface area contributed by atoms with E-state index < -0.39 is 6.03 Å². The Morgan fingerprint density at radius 3 is 2.41 bits per heavy atom. The molecule has 0 radical (unpaired) electrons. The van der Waals surface area contributed by atoms with Gasteiger partial charge < -0.3 is 20.9 Å². The molecule has 32 heavy (non-hydrogen) atoms. The second-order valence-corrected chi connectivity index (χ2v) is 8.61. The summed E-state index contributed by atoms with van der Waals surface area (Å²) >= 11 is 0. The fourth-order valence-electron chi connectivity index (χ4n) is 4.87. The van der Waals surface area contributed by atoms with Gasteiger partial charge in [-0.1, -0.05) is 0 Å². The van der Waals surface area contributed by atoms with E-state index in [0.29, 0.717) is 40.1 Å². The maximum atomic E-state index is 13.0. The molecule has 2 fully saturated rings. The summed E-state index contributed by atoms with van der Waals surface area (Å²) in [5.74, 6) is -0.585. The predicted octanol–water partition coefficient (Wildman–Crippen LogP) is 3.70. The summed E-state index contributed by atoms with van der Waals surface area (Å²) in [7, 11) is 2.17. The number of nitrogens with one attached hydrogen (secondary N) is 4. The molecule has 2 aliphatic heterocycles. The lowest BCUT2D eigenvalue weighted by Gasteiger charge is -2.36. The van der Waals surface area contributed by atoms with Crippen molar-refractivity contribution in [3.8, 4) is 0 Å². The number of nitrogens with zero attached hydrogens (tertiary/aromatic N) is 2. The number of hydrogen-bond acceptors (Lipinski definition) is 4. The number of amides is 3. The lowest BCUT2D eigenvalue weighted by molar-refractivity contribution is 0.0879. The molecule has 1 aromatic heterocycles. The fourth-order valence-corrected chi connectivity index (χ4v) is 4.87. The molecule has 2 atom stereocenters. The number of rotatable bonds is 4. The lowest BCUT2D eigenvalue weighted by atomic mass is 9.98. The van der Waals surface area contributed by atoms with Crippen molar-refractivity contribution >= 4 is 34.2 Å². The zero-order chi connectivity index (χ0) is 22.2. The molecule has 2 bridgehead atoms. The molecule has 8 nitrogen and oxygen atoms in total. The van der Waals surface area contributed by atoms with Crippen LogP contribution in [-0.4, -0.2) is 52.2 Å². The Balaban J connectivity index is 1.27. The van der Waals surface area contributed by atoms with Crippen molar-refractivity contribution in [3.63, 3.8) is 0 Å². The summed E-state index contributed by atoms with van der Waals surface area (Å²) in [6.45, 7) is 0. The van der Waals surface area contributed by atoms with Crippen molar-refractivity contribution in [2.24, 2.45) is 0 Å². The maximum Gasteiger partial charge on any atom is 0.323 e. The average molecular weight is 436 g/mol. The van der Waals surface area contributed by atoms with Crippen LogP contribution in [0.2, 0.25) is 0 Å². The molecule has 5 rings (SSSR count). The summed E-state index contributed by atoms with van der Waals surface area (Å²) in [6, 6.07) is 11.5. The summed E-state index contributed by atoms with van der Waals surface area (Å²) in [6.07, 6.45) is 4.29. The largest absolute Gasteiger partial charge is 0.348 e. The summed E-state index contributed by atoms with van der Waals surface area (Å²) in [4.78, 5) is 27.7. The Hall–Kier alpha value is -3.46. The second-order valence-electron chi connectivity index (χ2n) is 8.61. The number of urea groups is 1. The third kappa shape index (κ3) is 4.03. The van der Waals surface area contributed by atoms with Crippen LogP contribution in [0.3, 0.4) is 0 Å². The Morgan fingerprint density at radius 2 is 1.69 bits per heavy atom. The summed E-state index contributed by atoms with van der Waals surface area (Å²) < 4.78 is 13.0. The first-order valence-electron chi connectivity index (χ1n) is 10.8. The predicted molar refractivity (Wildman–Crippen MR) is 120 cm³/mol. The number of hydrogen-bond donors (Lipinski definition) is 4. The second kappa shape index (κ2) is 8.23. The molecule has 2 saturated heterocycles. The minimum absolute atomic E-state index is 0.144. The number of aromatic nitrogens is 2. The van der Waals surface area contributed by atoms with E-state index in [4.69, 9.17) is 0 Å². The van der Waals surface area contributed by atoms with Gasteiger partial charge in [0.2, 0.25) is 0 Å². The van der Waals surface area contributed by atoms with Crippen molar-refractivity contribution in [1.82, 2.24) is 20.4 Å². The van der Waals surface area contributed by atoms with Crippen molar-refractivity contribution in [2.75, 3.05) is 17.7 Å². The zero-order valence-corrected chi connectivity index (χ0v) is 17.7. The van der Waals surface area contributed by atoms with Crippen LogP contribution in [0.15, 0.2) is 42.5 Å². The van der Waals surface area contributed by atoms with Gasteiger partial charge in [0.05, 0.1) is 5.52 Å². The van der Waals surface area contributed by atoms with E-state index in [1.54, 1.807) is 18.2 Å². The molecule has 2 aliphatic rings. The number of H-pyrrole nitrogens is 1. The van der Waals surface area contributed by atoms with Crippen LogP contribution in [0.25, 0.3) is 10.9 Å². The van der Waals surface area contributed by atoms with Gasteiger partial charge in [-0.15, -0.1) is 0 Å². The van der Waals surface area contributed by atoms with Crippen LogP contribution < -0.4 is 16.0 Å². The zero-order valence-electron chi connectivity index (χ0n) is 17.7. The fraction of sp³-hybridized carbons (Fsp3) is 0.348. The van der Waals surface area contributed by atoms with E-state index in [1.165, 1.54) is 37.1 Å². The average Bonchev–Trinajstić information content (AvgIpc) is 3.26. The van der Waals surface area contributed by atoms with Crippen molar-refractivity contribution in [2.45, 2.75) is 43.8 Å². The number of piperidine rings is 1. The van der Waals surface area contributed by atoms with Crippen LogP contribution in [0, 0.1) is 5.82 Å². The van der Waals surface area contributed by atoms with Gasteiger partial charge in [0.15, 0.2) is 5.69 Å². The van der Waals surface area contributed by atoms with E-state index in [-0.39, 0.29) is 17.8 Å². The molecule has 3 aromatic rings. The third-order valence-electron chi connectivity index (χ3n) is 6.57. The van der Waals surface area contributed by atoms with Crippen LogP contribution in [0.5, 0.6) is 0 Å². The van der Waals surface area contributed by atoms with E-state index >= 15 is 0 Å². The molecule has 3 heterocycles. The van der Waals surface area contributed by atoms with Crippen LogP contribution in [0.1, 0.15) is 36.2 Å². The smallest absolute Gasteiger partial charge is 0.323 e. The van der Waals surface area contributed by atoms with Gasteiger partial charge in [0.25, 0.3) is 5.91 Å². The highest BCUT2D eigenvalue weighted by atomic mass is 19.1. The van der Waals surface area contributed by atoms with E-state index in [0.717, 1.165) is 12.8 Å². The maximum absolute atomic E-state index is 13.0. The van der Waals surface area contributed by atoms with Crippen LogP contribution in [0.4, 0.5) is 20.6 Å². The lowest BCUT2D eigenvalue weighted by Crippen LogP contribution is -2.48. The molecular weight excluding hydrogens is 411 g/mol. The van der Waals surface area contributed by atoms with Crippen LogP contribution >= 0.6 is 0 Å². The first-order valence-corrected chi connectivity index (χ1v) is 10.8. The molecule has 4 N–H and O–H groups in total. The molecule has 0 aliphatic carbocycles. The summed E-state index contributed by atoms with van der Waals surface area (Å²) in [5, 5.41) is 16.3. The SMILES string of the molecule is CN1C2CCC1CC(NC(=O)c1n[nH]c3ccc(NC(=O)Nc4ccc(F)cc4)cc13)C2. The van der Waals surface area contributed by atoms with E-state index in [2.05, 4.69) is 38.1 Å². The molecule has 0 saturated carbocycles. The quantitative estimate of drug-likeness (QED) is 0.501. The van der Waals surface area contributed by atoms with Gasteiger partial charge in [-0.2, -0.15) is 5.10 Å². The monoisotopic (exact) mass is 436 g/mol. The number of carbonyl (C=O) groups is 2. The standard InChI is InChI=1S/C23H25FN6O2/c1-30-17-7-8-18(30)11-16(10-17)25-22(31)21-19-12-15(6-9-20(19)28-29-21)27-23(32)26-14-4-2-13(24)3-5-14/h2-6,9,12,16-18H,7-8,10-11H2,1H3,(H,25,31)(H,28,29)(H2,26,27,32). The van der Waals surface area contributed by atoms with Gasteiger partial charge >= 0.3 is 6.03 Å². The van der Waals surface area contributed by atoms with Crippen molar-refractivity contribution < 1.29 is 14.0 Å². The Bertz CT molecular complexity index is 1150. The highest BCUT2D eigenvalue weighted by Crippen LogP contribution is 2.34. The molecule has 0 spiro atoms. The number of aromatic amines is 1. The van der Waals surface area contributed by atoms with Gasteiger partial charge in [-0.25, -0.2) is 9.18 Å². The van der Waals surface area contributed by atoms with E-state index in [1.807, 2.05) is 0 Å². The van der Waals surface area contributed by atoms with Gasteiger partial charge in [-0.3, -0.25) is 9.89 Å². The van der Waals surface area contributed by atoms with Gasteiger partial charge in [0, 0.05) is 34.9 Å². The molecule has 166 valence electrons. The van der Waals surface area contributed by atoms with Crippen LogP contribution in [-0.2, 0) is 0 Å². The number of fused-ring (bicyclic) bond motifs is 3. The third-order valence-corrected chi connectivity index (χ3v) is 6.57. The normalized spacial score (nSPS) is 22.6. The number of halogens is 1. The molecule has 3 amide bonds. The highest BCUT2D eigenvalue weighted by Gasteiger charge is 2.39. The van der Waals surface area contributed by atoms with Gasteiger partial charge in [0.1, 0.15) is 5.82 Å². The number of anilines is 2. The topological polar surface area (TPSA) is 102 Å². The molecule has 2 unspecified atom stereocenters. The number of carbonyl (C=O) groups excluding carboxylic acids is 2. The summed E-state index contributed by atoms with van der Waals surface area (Å²) in [5.41, 5.74) is 2.02. The number of benzene rings is 2. The highest BCUT2D eigenvalue weighted by molar-refractivity contribution is 6.07. The minimum atomic E-state index is -0.466. The minimum Gasteiger partial charge on any atom is -0.348 e. The Kier molecular flexibility index (Phi) is 5.26. The first-order chi connectivity index (χ1) is 15.5. The molecule has 2 aromatic carbocycles. The van der Waals surface area contributed by atoms with E-state index in [9.17, 15) is 14.0 Å².